The Labute approximate surface area is 139 Å². The molecule has 0 aliphatic heterocycles. The number of aromatic nitrogens is 1. The van der Waals surface area contributed by atoms with E-state index in [1.54, 1.807) is 19.1 Å². The standard InChI is InChI=1S/C18H20N2O4/c1-9-6-10(2)8-13(7-9)14(18(22)23)20-16(21)15-11(3)19-17(24-15)12-4-5-12/h6-8,12,14H,4-5H2,1-3H3,(H,20,21)(H,22,23). The van der Waals surface area contributed by atoms with E-state index in [1.165, 1.54) is 0 Å². The van der Waals surface area contributed by atoms with Crippen LogP contribution in [0.1, 0.15) is 63.6 Å². The maximum absolute atomic E-state index is 12.5. The van der Waals surface area contributed by atoms with E-state index in [2.05, 4.69) is 10.3 Å². The van der Waals surface area contributed by atoms with Crippen LogP contribution in [0.5, 0.6) is 0 Å². The van der Waals surface area contributed by atoms with Crippen molar-refractivity contribution < 1.29 is 19.1 Å². The van der Waals surface area contributed by atoms with Crippen LogP contribution in [0.3, 0.4) is 0 Å². The first-order chi connectivity index (χ1) is 11.3. The molecule has 1 saturated carbocycles. The molecule has 1 aromatic heterocycles. The Hall–Kier alpha value is -2.63. The predicted molar refractivity (Wildman–Crippen MR) is 87.0 cm³/mol. The van der Waals surface area contributed by atoms with Gasteiger partial charge in [0.25, 0.3) is 5.91 Å². The van der Waals surface area contributed by atoms with Crippen LogP contribution in [-0.4, -0.2) is 22.0 Å². The summed E-state index contributed by atoms with van der Waals surface area (Å²) in [5.41, 5.74) is 2.90. The zero-order chi connectivity index (χ0) is 17.4. The number of aliphatic carboxylic acids is 1. The van der Waals surface area contributed by atoms with Crippen LogP contribution < -0.4 is 5.32 Å². The zero-order valence-electron chi connectivity index (χ0n) is 13.9. The lowest BCUT2D eigenvalue weighted by atomic mass is 10.0. The first-order valence-electron chi connectivity index (χ1n) is 7.94. The van der Waals surface area contributed by atoms with Gasteiger partial charge < -0.3 is 14.8 Å². The van der Waals surface area contributed by atoms with Crippen molar-refractivity contribution >= 4 is 11.9 Å². The highest BCUT2D eigenvalue weighted by molar-refractivity contribution is 5.95. The van der Waals surface area contributed by atoms with Crippen LogP contribution in [0.15, 0.2) is 22.6 Å². The third-order valence-corrected chi connectivity index (χ3v) is 4.05. The van der Waals surface area contributed by atoms with Crippen LogP contribution in [0.4, 0.5) is 0 Å². The van der Waals surface area contributed by atoms with E-state index in [0.29, 0.717) is 23.1 Å². The molecular weight excluding hydrogens is 308 g/mol. The third kappa shape index (κ3) is 3.32. The van der Waals surface area contributed by atoms with Gasteiger partial charge in [0, 0.05) is 5.92 Å². The number of aryl methyl sites for hydroxylation is 3. The summed E-state index contributed by atoms with van der Waals surface area (Å²) < 4.78 is 5.55. The van der Waals surface area contributed by atoms with E-state index < -0.39 is 17.9 Å². The Morgan fingerprint density at radius 1 is 1.21 bits per heavy atom. The van der Waals surface area contributed by atoms with Crippen molar-refractivity contribution in [2.45, 2.75) is 45.6 Å². The first kappa shape index (κ1) is 16.2. The number of carbonyl (C=O) groups is 2. The molecule has 24 heavy (non-hydrogen) atoms. The summed E-state index contributed by atoms with van der Waals surface area (Å²) in [5.74, 6) is -0.727. The number of carboxylic acid groups (broad SMARTS) is 1. The smallest absolute Gasteiger partial charge is 0.330 e. The van der Waals surface area contributed by atoms with Gasteiger partial charge in [-0.3, -0.25) is 4.79 Å². The lowest BCUT2D eigenvalue weighted by Crippen LogP contribution is -2.34. The van der Waals surface area contributed by atoms with Crippen LogP contribution in [0, 0.1) is 20.8 Å². The summed E-state index contributed by atoms with van der Waals surface area (Å²) in [6.07, 6.45) is 2.03. The van der Waals surface area contributed by atoms with Gasteiger partial charge in [0.15, 0.2) is 11.9 Å². The maximum Gasteiger partial charge on any atom is 0.330 e. The minimum Gasteiger partial charge on any atom is -0.479 e. The average molecular weight is 328 g/mol. The first-order valence-corrected chi connectivity index (χ1v) is 7.94. The van der Waals surface area contributed by atoms with Crippen LogP contribution in [0.2, 0.25) is 0 Å². The highest BCUT2D eigenvalue weighted by atomic mass is 16.4. The topological polar surface area (TPSA) is 92.4 Å². The molecule has 3 rings (SSSR count). The van der Waals surface area contributed by atoms with Crippen molar-refractivity contribution in [3.05, 3.63) is 52.2 Å². The summed E-state index contributed by atoms with van der Waals surface area (Å²) in [6.45, 7) is 5.47. The fourth-order valence-electron chi connectivity index (χ4n) is 2.79. The summed E-state index contributed by atoms with van der Waals surface area (Å²) in [5, 5.41) is 12.1. The summed E-state index contributed by atoms with van der Waals surface area (Å²) in [7, 11) is 0. The highest BCUT2D eigenvalue weighted by Gasteiger charge is 2.32. The van der Waals surface area contributed by atoms with Crippen molar-refractivity contribution in [3.63, 3.8) is 0 Å². The quantitative estimate of drug-likeness (QED) is 0.880. The number of hydrogen-bond acceptors (Lipinski definition) is 4. The maximum atomic E-state index is 12.5. The SMILES string of the molecule is Cc1cc(C)cc(C(NC(=O)c2oc(C3CC3)nc2C)C(=O)O)c1. The van der Waals surface area contributed by atoms with Crippen molar-refractivity contribution in [2.75, 3.05) is 0 Å². The number of benzene rings is 1. The van der Waals surface area contributed by atoms with E-state index in [4.69, 9.17) is 4.42 Å². The molecule has 0 spiro atoms. The Kier molecular flexibility index (Phi) is 4.13. The molecule has 1 aliphatic carbocycles. The molecule has 1 unspecified atom stereocenters. The van der Waals surface area contributed by atoms with Gasteiger partial charge in [0.1, 0.15) is 0 Å². The van der Waals surface area contributed by atoms with Crippen LogP contribution >= 0.6 is 0 Å². The van der Waals surface area contributed by atoms with Crippen LogP contribution in [0.25, 0.3) is 0 Å². The Balaban J connectivity index is 1.85. The number of carbonyl (C=O) groups excluding carboxylic acids is 1. The molecule has 0 saturated heterocycles. The van der Waals surface area contributed by atoms with E-state index in [9.17, 15) is 14.7 Å². The molecule has 2 N–H and O–H groups in total. The van der Waals surface area contributed by atoms with Gasteiger partial charge in [0.2, 0.25) is 5.76 Å². The molecule has 1 aliphatic rings. The van der Waals surface area contributed by atoms with Crippen molar-refractivity contribution in [2.24, 2.45) is 0 Å². The van der Waals surface area contributed by atoms with Gasteiger partial charge in [0.05, 0.1) is 5.69 Å². The van der Waals surface area contributed by atoms with Crippen molar-refractivity contribution in [3.8, 4) is 0 Å². The lowest BCUT2D eigenvalue weighted by molar-refractivity contribution is -0.139. The normalized spacial score (nSPS) is 15.1. The Morgan fingerprint density at radius 2 is 1.83 bits per heavy atom. The molecule has 1 aromatic carbocycles. The number of nitrogens with zero attached hydrogens (tertiary/aromatic N) is 1. The number of rotatable bonds is 5. The minimum atomic E-state index is -1.13. The Bertz CT molecular complexity index is 785. The van der Waals surface area contributed by atoms with Gasteiger partial charge in [-0.2, -0.15) is 0 Å². The summed E-state index contributed by atoms with van der Waals surface area (Å²) in [4.78, 5) is 28.4. The van der Waals surface area contributed by atoms with Gasteiger partial charge in [-0.05, 0) is 39.2 Å². The lowest BCUT2D eigenvalue weighted by Gasteiger charge is -2.15. The van der Waals surface area contributed by atoms with Gasteiger partial charge in [-0.25, -0.2) is 9.78 Å². The number of amides is 1. The molecule has 6 heteroatoms. The van der Waals surface area contributed by atoms with Gasteiger partial charge >= 0.3 is 5.97 Å². The second kappa shape index (κ2) is 6.11. The second-order valence-corrected chi connectivity index (χ2v) is 6.41. The molecule has 1 fully saturated rings. The molecule has 1 atom stereocenters. The molecule has 0 radical (unpaired) electrons. The average Bonchev–Trinajstić information content (AvgIpc) is 3.26. The second-order valence-electron chi connectivity index (χ2n) is 6.41. The highest BCUT2D eigenvalue weighted by Crippen LogP contribution is 2.40. The molecular formula is C18H20N2O4. The fraction of sp³-hybridized carbons (Fsp3) is 0.389. The molecule has 1 amide bonds. The molecule has 126 valence electrons. The monoisotopic (exact) mass is 328 g/mol. The van der Waals surface area contributed by atoms with Crippen molar-refractivity contribution in [1.29, 1.82) is 0 Å². The van der Waals surface area contributed by atoms with E-state index in [-0.39, 0.29) is 5.76 Å². The predicted octanol–water partition coefficient (Wildman–Crippen LogP) is 3.03. The number of oxazole rings is 1. The molecule has 0 bridgehead atoms. The zero-order valence-corrected chi connectivity index (χ0v) is 13.9. The molecule has 6 nitrogen and oxygen atoms in total. The van der Waals surface area contributed by atoms with E-state index in [0.717, 1.165) is 24.0 Å². The van der Waals surface area contributed by atoms with E-state index >= 15 is 0 Å². The largest absolute Gasteiger partial charge is 0.479 e. The number of carboxylic acids is 1. The molecule has 1 heterocycles. The van der Waals surface area contributed by atoms with Crippen molar-refractivity contribution in [1.82, 2.24) is 10.3 Å². The van der Waals surface area contributed by atoms with Gasteiger partial charge in [-0.15, -0.1) is 0 Å². The van der Waals surface area contributed by atoms with Crippen LogP contribution in [-0.2, 0) is 4.79 Å². The summed E-state index contributed by atoms with van der Waals surface area (Å²) in [6, 6.07) is 4.33. The minimum absolute atomic E-state index is 0.0903. The molecule has 2 aromatic rings. The number of hydrogen-bond donors (Lipinski definition) is 2. The fourth-order valence-corrected chi connectivity index (χ4v) is 2.79. The third-order valence-electron chi connectivity index (χ3n) is 4.05. The summed E-state index contributed by atoms with van der Waals surface area (Å²) >= 11 is 0. The Morgan fingerprint density at radius 3 is 2.38 bits per heavy atom. The van der Waals surface area contributed by atoms with Gasteiger partial charge in [-0.1, -0.05) is 29.3 Å². The van der Waals surface area contributed by atoms with E-state index in [1.807, 2.05) is 19.9 Å². The number of nitrogens with one attached hydrogen (secondary N) is 1.